The van der Waals surface area contributed by atoms with E-state index < -0.39 is 6.10 Å². The van der Waals surface area contributed by atoms with Crippen molar-refractivity contribution in [3.63, 3.8) is 0 Å². The van der Waals surface area contributed by atoms with Crippen LogP contribution in [0.25, 0.3) is 11.0 Å². The third kappa shape index (κ3) is 4.43. The maximum absolute atomic E-state index is 10.4. The zero-order chi connectivity index (χ0) is 16.9. The summed E-state index contributed by atoms with van der Waals surface area (Å²) in [5.74, 6) is 1.31. The molecule has 25 heavy (non-hydrogen) atoms. The molecule has 1 N–H and O–H groups in total. The lowest BCUT2D eigenvalue weighted by molar-refractivity contribution is -0.679. The fraction of sp³-hybridized carbons (Fsp3) is 0.316. The number of aromatic nitrogens is 2. The third-order valence-electron chi connectivity index (χ3n) is 4.03. The van der Waals surface area contributed by atoms with Gasteiger partial charge >= 0.3 is 0 Å². The standard InChI is InChI=1S/C19H23N2O3.HI/c1-3-20-14-21(17-9-5-4-8-16(17)20)12-15(22)13-24-19-11-7-6-10-18(19)23-2;/h4-11,14-15,22H,3,12-13H2,1-2H3;1H/q+1;/p-1. The van der Waals surface area contributed by atoms with Crippen molar-refractivity contribution < 1.29 is 43.1 Å². The van der Waals surface area contributed by atoms with Gasteiger partial charge in [0.2, 0.25) is 6.33 Å². The molecule has 1 aromatic heterocycles. The van der Waals surface area contributed by atoms with E-state index in [1.54, 1.807) is 7.11 Å². The minimum absolute atomic E-state index is 0. The highest BCUT2D eigenvalue weighted by atomic mass is 127. The first kappa shape index (κ1) is 19.5. The van der Waals surface area contributed by atoms with Crippen molar-refractivity contribution in [2.24, 2.45) is 0 Å². The summed E-state index contributed by atoms with van der Waals surface area (Å²) >= 11 is 0. The molecule has 2 aromatic carbocycles. The number of aliphatic hydroxyl groups is 1. The molecular weight excluding hydrogens is 431 g/mol. The van der Waals surface area contributed by atoms with Gasteiger partial charge in [-0.1, -0.05) is 24.3 Å². The second kappa shape index (κ2) is 9.05. The molecule has 0 saturated carbocycles. The molecule has 0 amide bonds. The van der Waals surface area contributed by atoms with Gasteiger partial charge in [0, 0.05) is 0 Å². The van der Waals surface area contributed by atoms with Gasteiger partial charge in [-0.05, 0) is 31.2 Å². The van der Waals surface area contributed by atoms with Crippen LogP contribution in [-0.4, -0.2) is 29.5 Å². The summed E-state index contributed by atoms with van der Waals surface area (Å²) in [4.78, 5) is 0. The van der Waals surface area contributed by atoms with E-state index >= 15 is 0 Å². The maximum atomic E-state index is 10.4. The van der Waals surface area contributed by atoms with Crippen LogP contribution in [0.3, 0.4) is 0 Å². The number of aryl methyl sites for hydroxylation is 1. The summed E-state index contributed by atoms with van der Waals surface area (Å²) in [5.41, 5.74) is 2.27. The summed E-state index contributed by atoms with van der Waals surface area (Å²) in [7, 11) is 1.61. The van der Waals surface area contributed by atoms with E-state index in [9.17, 15) is 5.11 Å². The lowest BCUT2D eigenvalue weighted by atomic mass is 10.3. The Hall–Kier alpha value is -1.80. The largest absolute Gasteiger partial charge is 1.00 e. The number of imidazole rings is 1. The summed E-state index contributed by atoms with van der Waals surface area (Å²) in [5, 5.41) is 10.4. The highest BCUT2D eigenvalue weighted by Crippen LogP contribution is 2.25. The van der Waals surface area contributed by atoms with Gasteiger partial charge in [-0.3, -0.25) is 0 Å². The molecule has 0 aliphatic rings. The van der Waals surface area contributed by atoms with E-state index in [1.807, 2.05) is 42.7 Å². The average molecular weight is 454 g/mol. The highest BCUT2D eigenvalue weighted by Gasteiger charge is 2.18. The number of fused-ring (bicyclic) bond motifs is 1. The third-order valence-corrected chi connectivity index (χ3v) is 4.03. The zero-order valence-electron chi connectivity index (χ0n) is 14.4. The number of hydrogen-bond donors (Lipinski definition) is 1. The summed E-state index contributed by atoms with van der Waals surface area (Å²) in [6.45, 7) is 3.68. The monoisotopic (exact) mass is 454 g/mol. The van der Waals surface area contributed by atoms with Gasteiger partial charge in [0.25, 0.3) is 0 Å². The number of hydrogen-bond acceptors (Lipinski definition) is 3. The molecule has 0 aliphatic carbocycles. The lowest BCUT2D eigenvalue weighted by Gasteiger charge is -2.13. The first-order valence-corrected chi connectivity index (χ1v) is 8.14. The molecule has 0 saturated heterocycles. The SMILES string of the molecule is CCn1c[n+](CC(O)COc2ccccc2OC)c2ccccc21.[I-]. The topological polar surface area (TPSA) is 47.5 Å². The van der Waals surface area contributed by atoms with Crippen LogP contribution in [-0.2, 0) is 13.1 Å². The normalized spacial score (nSPS) is 11.8. The molecule has 1 heterocycles. The summed E-state index contributed by atoms with van der Waals surface area (Å²) in [6.07, 6.45) is 1.42. The number of rotatable bonds is 7. The van der Waals surface area contributed by atoms with E-state index in [-0.39, 0.29) is 30.6 Å². The van der Waals surface area contributed by atoms with Crippen molar-refractivity contribution in [3.8, 4) is 11.5 Å². The van der Waals surface area contributed by atoms with Crippen molar-refractivity contribution in [2.75, 3.05) is 13.7 Å². The molecule has 0 spiro atoms. The van der Waals surface area contributed by atoms with Crippen LogP contribution in [0.5, 0.6) is 11.5 Å². The molecule has 0 aliphatic heterocycles. The van der Waals surface area contributed by atoms with Crippen molar-refractivity contribution >= 4 is 11.0 Å². The van der Waals surface area contributed by atoms with E-state index in [2.05, 4.69) is 28.2 Å². The predicted molar refractivity (Wildman–Crippen MR) is 92.3 cm³/mol. The molecular formula is C19H23IN2O3. The Morgan fingerprint density at radius 3 is 2.48 bits per heavy atom. The van der Waals surface area contributed by atoms with E-state index in [1.165, 1.54) is 0 Å². The number of methoxy groups -OCH3 is 1. The molecule has 134 valence electrons. The predicted octanol–water partition coefficient (Wildman–Crippen LogP) is -0.599. The van der Waals surface area contributed by atoms with Crippen LogP contribution in [0, 0.1) is 0 Å². The van der Waals surface area contributed by atoms with Crippen LogP contribution in [0.2, 0.25) is 0 Å². The molecule has 0 radical (unpaired) electrons. The molecule has 0 fully saturated rings. The van der Waals surface area contributed by atoms with Crippen molar-refractivity contribution in [3.05, 3.63) is 54.9 Å². The second-order valence-corrected chi connectivity index (χ2v) is 5.66. The van der Waals surface area contributed by atoms with Gasteiger partial charge in [-0.2, -0.15) is 0 Å². The van der Waals surface area contributed by atoms with Gasteiger partial charge in [-0.25, -0.2) is 9.13 Å². The van der Waals surface area contributed by atoms with E-state index in [4.69, 9.17) is 9.47 Å². The molecule has 6 heteroatoms. The first-order chi connectivity index (χ1) is 11.7. The Bertz CT molecular complexity index is 819. The fourth-order valence-corrected chi connectivity index (χ4v) is 2.84. The number of nitrogens with zero attached hydrogens (tertiary/aromatic N) is 2. The first-order valence-electron chi connectivity index (χ1n) is 8.14. The Morgan fingerprint density at radius 1 is 1.08 bits per heavy atom. The van der Waals surface area contributed by atoms with Crippen molar-refractivity contribution in [1.82, 2.24) is 4.57 Å². The van der Waals surface area contributed by atoms with Crippen LogP contribution in [0.4, 0.5) is 0 Å². The molecule has 0 bridgehead atoms. The average Bonchev–Trinajstić information content (AvgIpc) is 2.98. The van der Waals surface area contributed by atoms with Gasteiger partial charge in [0.15, 0.2) is 22.5 Å². The molecule has 1 unspecified atom stereocenters. The van der Waals surface area contributed by atoms with Gasteiger partial charge in [0.1, 0.15) is 19.3 Å². The minimum Gasteiger partial charge on any atom is -1.00 e. The number of benzene rings is 2. The molecule has 1 atom stereocenters. The molecule has 3 aromatic rings. The lowest BCUT2D eigenvalue weighted by Crippen LogP contribution is -3.00. The van der Waals surface area contributed by atoms with Gasteiger partial charge < -0.3 is 38.6 Å². The summed E-state index contributed by atoms with van der Waals surface area (Å²) in [6, 6.07) is 15.6. The molecule has 3 rings (SSSR count). The zero-order valence-corrected chi connectivity index (χ0v) is 16.6. The van der Waals surface area contributed by atoms with E-state index in [0.29, 0.717) is 18.0 Å². The highest BCUT2D eigenvalue weighted by molar-refractivity contribution is 5.71. The summed E-state index contributed by atoms with van der Waals surface area (Å²) < 4.78 is 15.2. The fourth-order valence-electron chi connectivity index (χ4n) is 2.84. The Balaban J connectivity index is 0.00000225. The quantitative estimate of drug-likeness (QED) is 0.384. The maximum Gasteiger partial charge on any atom is 0.244 e. The minimum atomic E-state index is -0.615. The van der Waals surface area contributed by atoms with Crippen LogP contribution < -0.4 is 38.0 Å². The van der Waals surface area contributed by atoms with E-state index in [0.717, 1.165) is 17.6 Å². The Morgan fingerprint density at radius 2 is 1.76 bits per heavy atom. The van der Waals surface area contributed by atoms with Crippen LogP contribution >= 0.6 is 0 Å². The number of halogens is 1. The Labute approximate surface area is 164 Å². The van der Waals surface area contributed by atoms with Gasteiger partial charge in [0.05, 0.1) is 13.7 Å². The van der Waals surface area contributed by atoms with Crippen LogP contribution in [0.1, 0.15) is 6.92 Å². The smallest absolute Gasteiger partial charge is 0.244 e. The number of ether oxygens (including phenoxy) is 2. The van der Waals surface area contributed by atoms with Crippen molar-refractivity contribution in [1.29, 1.82) is 0 Å². The molecule has 5 nitrogen and oxygen atoms in total. The van der Waals surface area contributed by atoms with Gasteiger partial charge in [-0.15, -0.1) is 0 Å². The van der Waals surface area contributed by atoms with Crippen molar-refractivity contribution in [2.45, 2.75) is 26.1 Å². The Kier molecular flexibility index (Phi) is 7.07. The van der Waals surface area contributed by atoms with Crippen LogP contribution in [0.15, 0.2) is 54.9 Å². The number of para-hydroxylation sites is 4. The number of aliphatic hydroxyl groups excluding tert-OH is 1. The second-order valence-electron chi connectivity index (χ2n) is 5.66.